The number of nitrogens with one attached hydrogen (secondary N) is 1. The van der Waals surface area contributed by atoms with Crippen LogP contribution < -0.4 is 5.32 Å². The van der Waals surface area contributed by atoms with Gasteiger partial charge in [0.25, 0.3) is 0 Å². The summed E-state index contributed by atoms with van der Waals surface area (Å²) >= 11 is 0. The van der Waals surface area contributed by atoms with E-state index in [0.29, 0.717) is 24.0 Å². The number of carbonyl (C=O) groups is 2. The Balaban J connectivity index is 1.40. The number of furan rings is 1. The predicted octanol–water partition coefficient (Wildman–Crippen LogP) is 5.61. The molecule has 166 valence electrons. The molecule has 2 aromatic carbocycles. The highest BCUT2D eigenvalue weighted by Crippen LogP contribution is 2.36. The molecule has 3 aromatic rings. The molecule has 6 rings (SSSR count). The van der Waals surface area contributed by atoms with Crippen molar-refractivity contribution in [1.82, 2.24) is 4.90 Å². The van der Waals surface area contributed by atoms with Crippen molar-refractivity contribution >= 4 is 28.3 Å². The predicted molar refractivity (Wildman–Crippen MR) is 127 cm³/mol. The maximum absolute atomic E-state index is 13.1. The van der Waals surface area contributed by atoms with Gasteiger partial charge in [-0.15, -0.1) is 0 Å². The summed E-state index contributed by atoms with van der Waals surface area (Å²) in [4.78, 5) is 27.7. The number of rotatable bonds is 6. The summed E-state index contributed by atoms with van der Waals surface area (Å²) in [6, 6.07) is 15.6. The monoisotopic (exact) mass is 430 g/mol. The number of hydrogen-bond acceptors (Lipinski definition) is 4. The third-order valence-corrected chi connectivity index (χ3v) is 7.02. The zero-order chi connectivity index (χ0) is 22.2. The van der Waals surface area contributed by atoms with Crippen LogP contribution in [0.3, 0.4) is 0 Å². The van der Waals surface area contributed by atoms with Crippen LogP contribution in [0.25, 0.3) is 22.1 Å². The molecule has 1 atom stereocenters. The van der Waals surface area contributed by atoms with E-state index in [9.17, 15) is 9.59 Å². The van der Waals surface area contributed by atoms with Gasteiger partial charge in [0.2, 0.25) is 5.91 Å². The highest BCUT2D eigenvalue weighted by molar-refractivity contribution is 6.01. The fourth-order valence-corrected chi connectivity index (χ4v) is 5.14. The number of anilines is 1. The SMILES string of the molecule is CC(C)C(=O)Nc1cccc(-c2cccc3cc(C(=O)C[C@H]4CN5CCC4CC5)oc23)c1. The average molecular weight is 431 g/mol. The number of piperidine rings is 3. The van der Waals surface area contributed by atoms with Crippen LogP contribution in [0.2, 0.25) is 0 Å². The van der Waals surface area contributed by atoms with Crippen LogP contribution >= 0.6 is 0 Å². The van der Waals surface area contributed by atoms with Gasteiger partial charge in [-0.3, -0.25) is 9.59 Å². The molecule has 0 radical (unpaired) electrons. The Morgan fingerprint density at radius 3 is 2.59 bits per heavy atom. The third-order valence-electron chi connectivity index (χ3n) is 7.02. The van der Waals surface area contributed by atoms with E-state index in [4.69, 9.17) is 4.42 Å². The summed E-state index contributed by atoms with van der Waals surface area (Å²) in [6.07, 6.45) is 2.99. The van der Waals surface area contributed by atoms with Crippen molar-refractivity contribution in [3.05, 3.63) is 54.3 Å². The zero-order valence-corrected chi connectivity index (χ0v) is 18.8. The molecule has 1 amide bonds. The van der Waals surface area contributed by atoms with Crippen LogP contribution in [-0.4, -0.2) is 36.2 Å². The lowest BCUT2D eigenvalue weighted by Gasteiger charge is -2.44. The average Bonchev–Trinajstić information content (AvgIpc) is 3.25. The molecule has 0 unspecified atom stereocenters. The number of ketones is 1. The molecule has 5 nitrogen and oxygen atoms in total. The van der Waals surface area contributed by atoms with Gasteiger partial charge in [0.1, 0.15) is 5.58 Å². The van der Waals surface area contributed by atoms with Gasteiger partial charge >= 0.3 is 0 Å². The topological polar surface area (TPSA) is 62.6 Å². The van der Waals surface area contributed by atoms with Gasteiger partial charge in [-0.2, -0.15) is 0 Å². The van der Waals surface area contributed by atoms with Gasteiger partial charge < -0.3 is 14.6 Å². The second-order valence-corrected chi connectivity index (χ2v) is 9.58. The van der Waals surface area contributed by atoms with E-state index in [0.717, 1.165) is 34.3 Å². The molecule has 0 saturated carbocycles. The second-order valence-electron chi connectivity index (χ2n) is 9.58. The maximum Gasteiger partial charge on any atom is 0.226 e. The van der Waals surface area contributed by atoms with E-state index in [1.54, 1.807) is 0 Å². The number of amides is 1. The third kappa shape index (κ3) is 4.09. The molecule has 5 heteroatoms. The zero-order valence-electron chi connectivity index (χ0n) is 18.8. The second kappa shape index (κ2) is 8.55. The highest BCUT2D eigenvalue weighted by Gasteiger charge is 2.35. The van der Waals surface area contributed by atoms with Crippen LogP contribution in [0.15, 0.2) is 52.9 Å². The summed E-state index contributed by atoms with van der Waals surface area (Å²) in [5.41, 5.74) is 3.34. The quantitative estimate of drug-likeness (QED) is 0.517. The lowest BCUT2D eigenvalue weighted by molar-refractivity contribution is -0.118. The largest absolute Gasteiger partial charge is 0.452 e. The molecule has 32 heavy (non-hydrogen) atoms. The van der Waals surface area contributed by atoms with Crippen molar-refractivity contribution in [3.63, 3.8) is 0 Å². The Hall–Kier alpha value is -2.92. The Morgan fingerprint density at radius 2 is 1.88 bits per heavy atom. The first-order chi connectivity index (χ1) is 15.5. The maximum atomic E-state index is 13.1. The smallest absolute Gasteiger partial charge is 0.226 e. The van der Waals surface area contributed by atoms with E-state index in [1.165, 1.54) is 25.9 Å². The first-order valence-corrected chi connectivity index (χ1v) is 11.7. The number of fused-ring (bicyclic) bond motifs is 4. The minimum Gasteiger partial charge on any atom is -0.452 e. The summed E-state index contributed by atoms with van der Waals surface area (Å²) < 4.78 is 6.15. The van der Waals surface area contributed by atoms with Gasteiger partial charge in [0, 0.05) is 35.5 Å². The number of hydrogen-bond donors (Lipinski definition) is 1. The molecule has 3 aliphatic rings. The van der Waals surface area contributed by atoms with Crippen LogP contribution in [0.4, 0.5) is 5.69 Å². The Kier molecular flexibility index (Phi) is 5.60. The minimum absolute atomic E-state index is 0.0148. The van der Waals surface area contributed by atoms with Crippen molar-refractivity contribution < 1.29 is 14.0 Å². The van der Waals surface area contributed by atoms with Gasteiger partial charge in [0.15, 0.2) is 11.5 Å². The van der Waals surface area contributed by atoms with Gasteiger partial charge in [-0.1, -0.05) is 44.2 Å². The Labute approximate surface area is 188 Å². The molecular formula is C27H30N2O3. The normalized spacial score (nSPS) is 22.4. The molecule has 3 aliphatic heterocycles. The van der Waals surface area contributed by atoms with Crippen molar-refractivity contribution in [2.45, 2.75) is 33.1 Å². The van der Waals surface area contributed by atoms with E-state index in [2.05, 4.69) is 10.2 Å². The van der Waals surface area contributed by atoms with Crippen molar-refractivity contribution in [3.8, 4) is 11.1 Å². The Bertz CT molecular complexity index is 1150. The standard InChI is InChI=1S/C27H30N2O3/c1-17(2)27(31)28-22-7-3-5-19(13-22)23-8-4-6-20-15-25(32-26(20)23)24(30)14-21-16-29-11-9-18(21)10-12-29/h3-8,13,15,17-18,21H,9-12,14,16H2,1-2H3,(H,28,31)/t21-/m0/s1. The number of nitrogens with zero attached hydrogens (tertiary/aromatic N) is 1. The molecular weight excluding hydrogens is 400 g/mol. The summed E-state index contributed by atoms with van der Waals surface area (Å²) in [7, 11) is 0. The van der Waals surface area contributed by atoms with Gasteiger partial charge in [-0.25, -0.2) is 0 Å². The first kappa shape index (κ1) is 21.0. The van der Waals surface area contributed by atoms with Crippen LogP contribution in [0.1, 0.15) is 43.7 Å². The molecule has 3 fully saturated rings. The molecule has 0 spiro atoms. The summed E-state index contributed by atoms with van der Waals surface area (Å²) in [5, 5.41) is 3.88. The van der Waals surface area contributed by atoms with Crippen molar-refractivity contribution in [2.75, 3.05) is 25.0 Å². The molecule has 2 bridgehead atoms. The Morgan fingerprint density at radius 1 is 1.09 bits per heavy atom. The molecule has 4 heterocycles. The number of benzene rings is 2. The summed E-state index contributed by atoms with van der Waals surface area (Å²) in [5.74, 6) is 1.57. The van der Waals surface area contributed by atoms with Gasteiger partial charge in [0.05, 0.1) is 0 Å². The molecule has 1 N–H and O–H groups in total. The van der Waals surface area contributed by atoms with E-state index >= 15 is 0 Å². The van der Waals surface area contributed by atoms with E-state index < -0.39 is 0 Å². The minimum atomic E-state index is -0.0862. The number of para-hydroxylation sites is 1. The van der Waals surface area contributed by atoms with Crippen LogP contribution in [0, 0.1) is 17.8 Å². The number of Topliss-reactive ketones (excluding diaryl/α,β-unsaturated/α-hetero) is 1. The number of carbonyl (C=O) groups excluding carboxylic acids is 2. The highest BCUT2D eigenvalue weighted by atomic mass is 16.3. The lowest BCUT2D eigenvalue weighted by Crippen LogP contribution is -2.47. The van der Waals surface area contributed by atoms with Gasteiger partial charge in [-0.05, 0) is 61.5 Å². The first-order valence-electron chi connectivity index (χ1n) is 11.7. The fraction of sp³-hybridized carbons (Fsp3) is 0.407. The van der Waals surface area contributed by atoms with Crippen LogP contribution in [0.5, 0.6) is 0 Å². The summed E-state index contributed by atoms with van der Waals surface area (Å²) in [6.45, 7) is 7.14. The van der Waals surface area contributed by atoms with Crippen LogP contribution in [-0.2, 0) is 4.79 Å². The molecule has 3 saturated heterocycles. The van der Waals surface area contributed by atoms with Crippen molar-refractivity contribution in [1.29, 1.82) is 0 Å². The van der Waals surface area contributed by atoms with E-state index in [1.807, 2.05) is 62.4 Å². The van der Waals surface area contributed by atoms with Crippen molar-refractivity contribution in [2.24, 2.45) is 17.8 Å². The van der Waals surface area contributed by atoms with E-state index in [-0.39, 0.29) is 17.6 Å². The lowest BCUT2D eigenvalue weighted by atomic mass is 9.76. The molecule has 0 aliphatic carbocycles. The fourth-order valence-electron chi connectivity index (χ4n) is 5.14. The molecule has 1 aromatic heterocycles.